The minimum absolute atomic E-state index is 0.104. The van der Waals surface area contributed by atoms with Gasteiger partial charge in [0.1, 0.15) is 5.75 Å². The Morgan fingerprint density at radius 1 is 1.16 bits per heavy atom. The second kappa shape index (κ2) is 6.25. The molecule has 0 aromatic heterocycles. The van der Waals surface area contributed by atoms with Gasteiger partial charge in [0.05, 0.1) is 13.2 Å². The van der Waals surface area contributed by atoms with Crippen molar-refractivity contribution in [3.05, 3.63) is 59.7 Å². The average Bonchev–Trinajstić information content (AvgIpc) is 2.46. The smallest absolute Gasteiger partial charge is 0.120 e. The van der Waals surface area contributed by atoms with E-state index in [1.807, 2.05) is 24.3 Å². The molecule has 0 bridgehead atoms. The Bertz CT molecular complexity index is 523. The van der Waals surface area contributed by atoms with Crippen molar-refractivity contribution in [3.8, 4) is 5.75 Å². The number of anilines is 1. The van der Waals surface area contributed by atoms with E-state index in [2.05, 4.69) is 36.5 Å². The van der Waals surface area contributed by atoms with Crippen molar-refractivity contribution >= 4 is 5.69 Å². The maximum absolute atomic E-state index is 5.87. The Balaban J connectivity index is 2.16. The molecule has 2 rings (SSSR count). The van der Waals surface area contributed by atoms with Crippen molar-refractivity contribution in [1.29, 1.82) is 0 Å². The number of aryl methyl sites for hydroxylation is 1. The van der Waals surface area contributed by atoms with Crippen LogP contribution in [0.25, 0.3) is 0 Å². The summed E-state index contributed by atoms with van der Waals surface area (Å²) in [6, 6.07) is 16.4. The lowest BCUT2D eigenvalue weighted by molar-refractivity contribution is 0.415. The summed E-state index contributed by atoms with van der Waals surface area (Å²) in [5.41, 5.74) is 9.32. The molecule has 1 atom stereocenters. The zero-order valence-electron chi connectivity index (χ0n) is 11.4. The molecule has 0 aliphatic heterocycles. The quantitative estimate of drug-likeness (QED) is 0.864. The first kappa shape index (κ1) is 13.4. The van der Waals surface area contributed by atoms with E-state index in [-0.39, 0.29) is 6.04 Å². The van der Waals surface area contributed by atoms with Gasteiger partial charge in [-0.2, -0.15) is 0 Å². The summed E-state index contributed by atoms with van der Waals surface area (Å²) in [6.45, 7) is 2.62. The van der Waals surface area contributed by atoms with Crippen molar-refractivity contribution in [2.45, 2.75) is 13.0 Å². The molecule has 3 heteroatoms. The summed E-state index contributed by atoms with van der Waals surface area (Å²) < 4.78 is 5.22. The predicted molar refractivity (Wildman–Crippen MR) is 79.6 cm³/mol. The van der Waals surface area contributed by atoms with Crippen LogP contribution in [-0.4, -0.2) is 13.7 Å². The Kier molecular flexibility index (Phi) is 4.42. The lowest BCUT2D eigenvalue weighted by Crippen LogP contribution is -2.20. The fourth-order valence-electron chi connectivity index (χ4n) is 1.99. The van der Waals surface area contributed by atoms with Gasteiger partial charge < -0.3 is 15.8 Å². The highest BCUT2D eigenvalue weighted by Crippen LogP contribution is 2.22. The molecular weight excluding hydrogens is 236 g/mol. The lowest BCUT2D eigenvalue weighted by atomic mass is 10.0. The molecule has 0 spiro atoms. The van der Waals surface area contributed by atoms with Crippen molar-refractivity contribution in [2.75, 3.05) is 19.0 Å². The molecule has 3 nitrogen and oxygen atoms in total. The summed E-state index contributed by atoms with van der Waals surface area (Å²) in [6.07, 6.45) is 0. The van der Waals surface area contributed by atoms with E-state index in [4.69, 9.17) is 10.5 Å². The second-order valence-corrected chi connectivity index (χ2v) is 4.58. The summed E-state index contributed by atoms with van der Waals surface area (Å²) in [5, 5.41) is 3.43. The summed E-state index contributed by atoms with van der Waals surface area (Å²) in [5.74, 6) is 0.838. The number of nitrogens with two attached hydrogens (primary N) is 1. The number of nitrogens with one attached hydrogen (secondary N) is 1. The van der Waals surface area contributed by atoms with Gasteiger partial charge in [-0.25, -0.2) is 0 Å². The summed E-state index contributed by atoms with van der Waals surface area (Å²) in [7, 11) is 1.67. The fraction of sp³-hybridized carbons (Fsp3) is 0.250. The molecule has 0 heterocycles. The molecular formula is C16H20N2O. The standard InChI is InChI=1S/C16H20N2O/c1-12-6-8-13(9-7-12)16(11-17)18-14-4-3-5-15(10-14)19-2/h3-10,16,18H,11,17H2,1-2H3. The first-order valence-corrected chi connectivity index (χ1v) is 6.40. The number of rotatable bonds is 5. The molecule has 0 radical (unpaired) electrons. The maximum atomic E-state index is 5.87. The molecule has 19 heavy (non-hydrogen) atoms. The van der Waals surface area contributed by atoms with Gasteiger partial charge in [0.25, 0.3) is 0 Å². The molecule has 3 N–H and O–H groups in total. The van der Waals surface area contributed by atoms with Crippen LogP contribution >= 0.6 is 0 Å². The number of methoxy groups -OCH3 is 1. The first-order chi connectivity index (χ1) is 9.22. The third-order valence-electron chi connectivity index (χ3n) is 3.13. The molecule has 2 aromatic carbocycles. The molecule has 1 unspecified atom stereocenters. The van der Waals surface area contributed by atoms with E-state index in [9.17, 15) is 0 Å². The van der Waals surface area contributed by atoms with E-state index >= 15 is 0 Å². The zero-order chi connectivity index (χ0) is 13.7. The summed E-state index contributed by atoms with van der Waals surface area (Å²) in [4.78, 5) is 0. The third kappa shape index (κ3) is 3.48. The monoisotopic (exact) mass is 256 g/mol. The fourth-order valence-corrected chi connectivity index (χ4v) is 1.99. The normalized spacial score (nSPS) is 11.9. The Morgan fingerprint density at radius 2 is 1.89 bits per heavy atom. The number of benzene rings is 2. The van der Waals surface area contributed by atoms with Crippen molar-refractivity contribution in [1.82, 2.24) is 0 Å². The molecule has 100 valence electrons. The Labute approximate surface area is 114 Å². The largest absolute Gasteiger partial charge is 0.497 e. The molecule has 0 saturated carbocycles. The Morgan fingerprint density at radius 3 is 2.53 bits per heavy atom. The van der Waals surface area contributed by atoms with Gasteiger partial charge in [-0.3, -0.25) is 0 Å². The minimum Gasteiger partial charge on any atom is -0.497 e. The van der Waals surface area contributed by atoms with E-state index in [1.54, 1.807) is 7.11 Å². The van der Waals surface area contributed by atoms with Gasteiger partial charge in [-0.15, -0.1) is 0 Å². The molecule has 0 fully saturated rings. The second-order valence-electron chi connectivity index (χ2n) is 4.58. The van der Waals surface area contributed by atoms with Crippen LogP contribution in [0, 0.1) is 6.92 Å². The Hall–Kier alpha value is -2.00. The maximum Gasteiger partial charge on any atom is 0.120 e. The van der Waals surface area contributed by atoms with Gasteiger partial charge in [0.15, 0.2) is 0 Å². The molecule has 2 aromatic rings. The average molecular weight is 256 g/mol. The van der Waals surface area contributed by atoms with Gasteiger partial charge in [0.2, 0.25) is 0 Å². The third-order valence-corrected chi connectivity index (χ3v) is 3.13. The van der Waals surface area contributed by atoms with E-state index in [0.717, 1.165) is 11.4 Å². The van der Waals surface area contributed by atoms with Crippen LogP contribution in [0.2, 0.25) is 0 Å². The SMILES string of the molecule is COc1cccc(NC(CN)c2ccc(C)cc2)c1. The van der Waals surface area contributed by atoms with Crippen LogP contribution < -0.4 is 15.8 Å². The number of hydrogen-bond acceptors (Lipinski definition) is 3. The van der Waals surface area contributed by atoms with Crippen molar-refractivity contribution in [2.24, 2.45) is 5.73 Å². The van der Waals surface area contributed by atoms with Gasteiger partial charge in [-0.05, 0) is 24.6 Å². The molecule has 0 saturated heterocycles. The van der Waals surface area contributed by atoms with Gasteiger partial charge >= 0.3 is 0 Å². The van der Waals surface area contributed by atoms with Crippen molar-refractivity contribution < 1.29 is 4.74 Å². The van der Waals surface area contributed by atoms with Crippen LogP contribution in [0.4, 0.5) is 5.69 Å². The number of hydrogen-bond donors (Lipinski definition) is 2. The highest BCUT2D eigenvalue weighted by atomic mass is 16.5. The number of ether oxygens (including phenoxy) is 1. The predicted octanol–water partition coefficient (Wildman–Crippen LogP) is 3.12. The van der Waals surface area contributed by atoms with Crippen LogP contribution in [0.3, 0.4) is 0 Å². The topological polar surface area (TPSA) is 47.3 Å². The van der Waals surface area contributed by atoms with E-state index < -0.39 is 0 Å². The molecule has 0 aliphatic rings. The minimum atomic E-state index is 0.104. The van der Waals surface area contributed by atoms with Crippen molar-refractivity contribution in [3.63, 3.8) is 0 Å². The van der Waals surface area contributed by atoms with Gasteiger partial charge in [-0.1, -0.05) is 35.9 Å². The van der Waals surface area contributed by atoms with E-state index in [0.29, 0.717) is 6.54 Å². The molecule has 0 amide bonds. The van der Waals surface area contributed by atoms with Crippen LogP contribution in [0.15, 0.2) is 48.5 Å². The first-order valence-electron chi connectivity index (χ1n) is 6.40. The highest BCUT2D eigenvalue weighted by Gasteiger charge is 2.09. The van der Waals surface area contributed by atoms with Crippen LogP contribution in [-0.2, 0) is 0 Å². The zero-order valence-corrected chi connectivity index (χ0v) is 11.4. The lowest BCUT2D eigenvalue weighted by Gasteiger charge is -2.19. The molecule has 0 aliphatic carbocycles. The van der Waals surface area contributed by atoms with Crippen LogP contribution in [0.1, 0.15) is 17.2 Å². The van der Waals surface area contributed by atoms with E-state index in [1.165, 1.54) is 11.1 Å². The highest BCUT2D eigenvalue weighted by molar-refractivity contribution is 5.50. The van der Waals surface area contributed by atoms with Crippen LogP contribution in [0.5, 0.6) is 5.75 Å². The summed E-state index contributed by atoms with van der Waals surface area (Å²) >= 11 is 0. The van der Waals surface area contributed by atoms with Gasteiger partial charge in [0, 0.05) is 18.3 Å².